The van der Waals surface area contributed by atoms with Crippen LogP contribution >= 0.6 is 0 Å². The van der Waals surface area contributed by atoms with E-state index >= 15 is 0 Å². The smallest absolute Gasteiger partial charge is 0.219 e. The van der Waals surface area contributed by atoms with Crippen LogP contribution in [0, 0.1) is 0 Å². The number of nitrogens with zero attached hydrogens (tertiary/aromatic N) is 5. The highest BCUT2D eigenvalue weighted by atomic mass is 16.5. The molecule has 1 saturated heterocycles. The Balaban J connectivity index is 1.59. The van der Waals surface area contributed by atoms with Gasteiger partial charge in [-0.2, -0.15) is 5.10 Å². The van der Waals surface area contributed by atoms with E-state index in [4.69, 9.17) is 15.6 Å². The molecule has 0 bridgehead atoms. The van der Waals surface area contributed by atoms with Crippen LogP contribution in [0.1, 0.15) is 61.0 Å². The quantitative estimate of drug-likeness (QED) is 0.704. The minimum absolute atomic E-state index is 0.115. The normalized spacial score (nSPS) is 22.9. The number of amides is 1. The molecule has 1 aromatic carbocycles. The van der Waals surface area contributed by atoms with Crippen LogP contribution in [0.4, 0.5) is 11.5 Å². The number of aromatic nitrogens is 2. The first-order chi connectivity index (χ1) is 16.5. The lowest BCUT2D eigenvalue weighted by Crippen LogP contribution is -2.36. The number of carbonyl (C=O) groups excluding carboxylic acids is 1. The third-order valence-electron chi connectivity index (χ3n) is 7.43. The number of benzene rings is 1. The van der Waals surface area contributed by atoms with Crippen molar-refractivity contribution in [3.8, 4) is 0 Å². The Hall–Kier alpha value is -3.13. The van der Waals surface area contributed by atoms with E-state index in [1.54, 1.807) is 26.4 Å². The zero-order valence-corrected chi connectivity index (χ0v) is 20.3. The van der Waals surface area contributed by atoms with Gasteiger partial charge in [-0.25, -0.2) is 0 Å². The van der Waals surface area contributed by atoms with E-state index in [9.17, 15) is 4.79 Å². The van der Waals surface area contributed by atoms with Crippen LogP contribution < -0.4 is 10.6 Å². The second-order valence-corrected chi connectivity index (χ2v) is 9.53. The van der Waals surface area contributed by atoms with Gasteiger partial charge in [-0.1, -0.05) is 13.0 Å². The lowest BCUT2D eigenvalue weighted by atomic mass is 9.88. The molecule has 1 amide bonds. The average Bonchev–Trinajstić information content (AvgIpc) is 3.50. The molecule has 2 atom stereocenters. The number of hydrogen-bond acceptors (Lipinski definition) is 6. The van der Waals surface area contributed by atoms with Crippen molar-refractivity contribution < 1.29 is 9.53 Å². The molecule has 3 aliphatic heterocycles. The molecule has 0 saturated carbocycles. The van der Waals surface area contributed by atoms with Crippen molar-refractivity contribution in [2.75, 3.05) is 38.3 Å². The lowest BCUT2D eigenvalue weighted by Gasteiger charge is -2.35. The zero-order valence-electron chi connectivity index (χ0n) is 20.3. The monoisotopic (exact) mass is 462 g/mol. The fraction of sp³-hybridized carbons (Fsp3) is 0.500. The van der Waals surface area contributed by atoms with E-state index < -0.39 is 0 Å². The second-order valence-electron chi connectivity index (χ2n) is 9.53. The Morgan fingerprint density at radius 2 is 2.15 bits per heavy atom. The van der Waals surface area contributed by atoms with Crippen LogP contribution in [0.15, 0.2) is 29.4 Å². The molecule has 34 heavy (non-hydrogen) atoms. The highest BCUT2D eigenvalue weighted by molar-refractivity contribution is 6.09. The van der Waals surface area contributed by atoms with Gasteiger partial charge >= 0.3 is 0 Å². The summed E-state index contributed by atoms with van der Waals surface area (Å²) in [4.78, 5) is 20.7. The van der Waals surface area contributed by atoms with Crippen molar-refractivity contribution in [2.45, 2.75) is 51.6 Å². The molecule has 180 valence electrons. The minimum atomic E-state index is 0.115. The van der Waals surface area contributed by atoms with E-state index in [0.29, 0.717) is 19.1 Å². The summed E-state index contributed by atoms with van der Waals surface area (Å²) >= 11 is 0. The summed E-state index contributed by atoms with van der Waals surface area (Å²) in [6.07, 6.45) is 6.25. The second kappa shape index (κ2) is 9.25. The van der Waals surface area contributed by atoms with E-state index in [1.807, 2.05) is 4.90 Å². The van der Waals surface area contributed by atoms with Crippen molar-refractivity contribution in [2.24, 2.45) is 10.7 Å². The third-order valence-corrected chi connectivity index (χ3v) is 7.43. The number of hydrogen-bond donors (Lipinski definition) is 1. The van der Waals surface area contributed by atoms with Crippen LogP contribution in [0.5, 0.6) is 0 Å². The zero-order chi connectivity index (χ0) is 23.8. The maximum Gasteiger partial charge on any atom is 0.219 e. The molecule has 8 nitrogen and oxygen atoms in total. The predicted octanol–water partition coefficient (Wildman–Crippen LogP) is 3.39. The van der Waals surface area contributed by atoms with Crippen molar-refractivity contribution in [1.29, 1.82) is 0 Å². The molecule has 0 spiro atoms. The molecule has 1 fully saturated rings. The minimum Gasteiger partial charge on any atom is -0.404 e. The van der Waals surface area contributed by atoms with E-state index in [2.05, 4.69) is 39.7 Å². The highest BCUT2D eigenvalue weighted by Crippen LogP contribution is 2.43. The number of fused-ring (bicyclic) bond motifs is 2. The van der Waals surface area contributed by atoms with Gasteiger partial charge in [0.25, 0.3) is 0 Å². The van der Waals surface area contributed by atoms with Crippen LogP contribution in [-0.2, 0) is 22.5 Å². The van der Waals surface area contributed by atoms with Gasteiger partial charge < -0.3 is 20.3 Å². The molecule has 1 aromatic heterocycles. The number of ether oxygens (including phenoxy) is 1. The standard InChI is InChI=1S/C26H34N6O2/c1-17-6-10-31(24-5-4-19(12-22(17)24)20(13-27)14-28-3)26-23-15-30(18(2)33)9-7-25(23)32(29-26)21-8-11-34-16-21/h4-5,12-14,17,21H,6-11,15-16,27H2,1-3H3/t17-,21-/m0/s1. The van der Waals surface area contributed by atoms with Gasteiger partial charge in [-0.05, 0) is 42.0 Å². The molecule has 2 aromatic rings. The summed E-state index contributed by atoms with van der Waals surface area (Å²) in [6, 6.07) is 6.80. The molecule has 0 aliphatic carbocycles. The molecule has 5 rings (SSSR count). The number of carbonyl (C=O) groups is 1. The van der Waals surface area contributed by atoms with Crippen molar-refractivity contribution in [3.05, 3.63) is 46.8 Å². The summed E-state index contributed by atoms with van der Waals surface area (Å²) in [5.74, 6) is 1.53. The molecule has 0 radical (unpaired) electrons. The summed E-state index contributed by atoms with van der Waals surface area (Å²) < 4.78 is 7.89. The fourth-order valence-corrected chi connectivity index (χ4v) is 5.48. The number of allylic oxidation sites excluding steroid dienone is 1. The van der Waals surface area contributed by atoms with Gasteiger partial charge in [-0.15, -0.1) is 0 Å². The van der Waals surface area contributed by atoms with Crippen LogP contribution in [-0.4, -0.2) is 60.2 Å². The Morgan fingerprint density at radius 3 is 2.85 bits per heavy atom. The summed E-state index contributed by atoms with van der Waals surface area (Å²) in [7, 11) is 1.76. The number of rotatable bonds is 4. The maximum absolute atomic E-state index is 12.2. The molecule has 8 heteroatoms. The predicted molar refractivity (Wildman–Crippen MR) is 135 cm³/mol. The summed E-state index contributed by atoms with van der Waals surface area (Å²) in [5.41, 5.74) is 12.8. The molecule has 4 heterocycles. The van der Waals surface area contributed by atoms with E-state index in [0.717, 1.165) is 55.9 Å². The van der Waals surface area contributed by atoms with E-state index in [-0.39, 0.29) is 11.9 Å². The van der Waals surface area contributed by atoms with Crippen LogP contribution in [0.2, 0.25) is 0 Å². The first-order valence-corrected chi connectivity index (χ1v) is 12.2. The summed E-state index contributed by atoms with van der Waals surface area (Å²) in [6.45, 7) is 7.66. The van der Waals surface area contributed by atoms with Crippen molar-refractivity contribution in [1.82, 2.24) is 14.7 Å². The van der Waals surface area contributed by atoms with Crippen molar-refractivity contribution in [3.63, 3.8) is 0 Å². The molecular weight excluding hydrogens is 428 g/mol. The van der Waals surface area contributed by atoms with Gasteiger partial charge in [0.05, 0.1) is 19.2 Å². The first kappa shape index (κ1) is 22.7. The van der Waals surface area contributed by atoms with Gasteiger partial charge in [0, 0.05) is 75.0 Å². The Bertz CT molecular complexity index is 1140. The van der Waals surface area contributed by atoms with Gasteiger partial charge in [-0.3, -0.25) is 14.5 Å². The Labute approximate surface area is 201 Å². The highest BCUT2D eigenvalue weighted by Gasteiger charge is 2.34. The third kappa shape index (κ3) is 3.90. The topological polar surface area (TPSA) is 89.0 Å². The Kier molecular flexibility index (Phi) is 6.16. The number of aliphatic imine (C=N–C) groups is 1. The molecule has 0 unspecified atom stereocenters. The number of anilines is 2. The SMILES string of the molecule is CN=CC(=CN)c1ccc2c(c1)[C@@H](C)CCN2c1nn([C@H]2CCOC2)c2c1CN(C(C)=O)CC2. The summed E-state index contributed by atoms with van der Waals surface area (Å²) in [5, 5.41) is 5.19. The molecular formula is C26H34N6O2. The fourth-order valence-electron chi connectivity index (χ4n) is 5.48. The lowest BCUT2D eigenvalue weighted by molar-refractivity contribution is -0.129. The van der Waals surface area contributed by atoms with Gasteiger partial charge in [0.1, 0.15) is 0 Å². The largest absolute Gasteiger partial charge is 0.404 e. The number of nitrogens with two attached hydrogens (primary N) is 1. The average molecular weight is 463 g/mol. The molecule has 3 aliphatic rings. The first-order valence-electron chi connectivity index (χ1n) is 12.2. The van der Waals surface area contributed by atoms with Crippen LogP contribution in [0.3, 0.4) is 0 Å². The van der Waals surface area contributed by atoms with Gasteiger partial charge in [0.2, 0.25) is 5.91 Å². The van der Waals surface area contributed by atoms with Gasteiger partial charge in [0.15, 0.2) is 5.82 Å². The molecule has 2 N–H and O–H groups in total. The van der Waals surface area contributed by atoms with Crippen LogP contribution in [0.25, 0.3) is 5.57 Å². The van der Waals surface area contributed by atoms with E-state index in [1.165, 1.54) is 22.5 Å². The maximum atomic E-state index is 12.2. The van der Waals surface area contributed by atoms with Crippen molar-refractivity contribution >= 4 is 29.2 Å². The Morgan fingerprint density at radius 1 is 1.29 bits per heavy atom.